The lowest BCUT2D eigenvalue weighted by Gasteiger charge is -2.21. The maximum absolute atomic E-state index is 5.22. The Hall–Kier alpha value is -0.0800. The quantitative estimate of drug-likeness (QED) is 0.632. The van der Waals surface area contributed by atoms with Gasteiger partial charge >= 0.3 is 0 Å². The molecule has 0 saturated carbocycles. The van der Waals surface area contributed by atoms with Gasteiger partial charge in [0.15, 0.2) is 0 Å². The Morgan fingerprint density at radius 2 is 2.00 bits per heavy atom. The summed E-state index contributed by atoms with van der Waals surface area (Å²) < 4.78 is 5.22. The largest absolute Gasteiger partial charge is 0.381 e. The van der Waals surface area contributed by atoms with Crippen molar-refractivity contribution in [3.8, 4) is 0 Å². The van der Waals surface area contributed by atoms with Gasteiger partial charge in [0.1, 0.15) is 0 Å². The molecule has 0 atom stereocenters. The van der Waals surface area contributed by atoms with E-state index < -0.39 is 0 Å². The van der Waals surface area contributed by atoms with E-state index in [1.165, 1.54) is 12.8 Å². The van der Waals surface area contributed by atoms with Crippen LogP contribution >= 0.6 is 0 Å². The van der Waals surface area contributed by atoms with Crippen LogP contribution in [-0.4, -0.2) is 26.8 Å². The molecule has 0 unspecified atom stereocenters. The highest BCUT2D eigenvalue weighted by Gasteiger charge is 2.11. The van der Waals surface area contributed by atoms with Crippen molar-refractivity contribution in [1.29, 1.82) is 0 Å². The normalized spacial score (nSPS) is 20.1. The van der Waals surface area contributed by atoms with Crippen molar-refractivity contribution in [2.45, 2.75) is 20.3 Å². The zero-order chi connectivity index (χ0) is 6.53. The molecule has 0 amide bonds. The molecule has 0 aromatic heterocycles. The summed E-state index contributed by atoms with van der Waals surface area (Å²) in [6, 6.07) is 0. The second kappa shape index (κ2) is 5.69. The van der Waals surface area contributed by atoms with Crippen molar-refractivity contribution >= 4 is 0 Å². The third kappa shape index (κ3) is 3.18. The first-order valence-corrected chi connectivity index (χ1v) is 3.66. The lowest BCUT2D eigenvalue weighted by Crippen LogP contribution is -2.25. The average Bonchev–Trinajstić information content (AvgIpc) is 1.91. The predicted molar refractivity (Wildman–Crippen MR) is 44.2 cm³/mol. The van der Waals surface area contributed by atoms with E-state index in [9.17, 15) is 0 Å². The molecule has 1 aliphatic heterocycles. The molecule has 0 aromatic rings. The van der Waals surface area contributed by atoms with Crippen LogP contribution in [0, 0.1) is 5.92 Å². The summed E-state index contributed by atoms with van der Waals surface area (Å²) in [6.07, 6.45) is 2.47. The highest BCUT2D eigenvalue weighted by Crippen LogP contribution is 2.12. The fourth-order valence-electron chi connectivity index (χ4n) is 1.24. The second-order valence-electron chi connectivity index (χ2n) is 2.61. The first kappa shape index (κ1) is 9.92. The number of rotatable bonds is 2. The van der Waals surface area contributed by atoms with Gasteiger partial charge in [0, 0.05) is 13.2 Å². The molecule has 1 fully saturated rings. The Morgan fingerprint density at radius 3 is 2.50 bits per heavy atom. The van der Waals surface area contributed by atoms with E-state index in [1.807, 2.05) is 7.05 Å². The van der Waals surface area contributed by atoms with Gasteiger partial charge in [-0.05, 0) is 32.4 Å². The first-order chi connectivity index (χ1) is 4.43. The SMILES string of the molecule is C.CNCC1CCOCC1. The molecular weight excluding hydrogens is 126 g/mol. The van der Waals surface area contributed by atoms with Crippen LogP contribution in [0.3, 0.4) is 0 Å². The summed E-state index contributed by atoms with van der Waals surface area (Å²) in [6.45, 7) is 3.09. The molecule has 1 N–H and O–H groups in total. The maximum Gasteiger partial charge on any atom is 0.0469 e. The molecule has 0 spiro atoms. The monoisotopic (exact) mass is 145 g/mol. The molecule has 0 bridgehead atoms. The zero-order valence-corrected chi connectivity index (χ0v) is 6.02. The van der Waals surface area contributed by atoms with Gasteiger partial charge in [0.25, 0.3) is 0 Å². The van der Waals surface area contributed by atoms with Gasteiger partial charge in [-0.3, -0.25) is 0 Å². The lowest BCUT2D eigenvalue weighted by molar-refractivity contribution is 0.0669. The number of hydrogen-bond acceptors (Lipinski definition) is 2. The summed E-state index contributed by atoms with van der Waals surface area (Å²) in [5.41, 5.74) is 0. The summed E-state index contributed by atoms with van der Waals surface area (Å²) in [5.74, 6) is 0.865. The Labute approximate surface area is 64.0 Å². The Balaban J connectivity index is 0.000000810. The Kier molecular flexibility index (Phi) is 5.64. The van der Waals surface area contributed by atoms with E-state index in [0.717, 1.165) is 25.7 Å². The number of hydrogen-bond donors (Lipinski definition) is 1. The van der Waals surface area contributed by atoms with Gasteiger partial charge in [-0.15, -0.1) is 0 Å². The fraction of sp³-hybridized carbons (Fsp3) is 1.00. The van der Waals surface area contributed by atoms with Crippen LogP contribution in [0.25, 0.3) is 0 Å². The highest BCUT2D eigenvalue weighted by molar-refractivity contribution is 4.64. The van der Waals surface area contributed by atoms with Crippen LogP contribution in [0.4, 0.5) is 0 Å². The van der Waals surface area contributed by atoms with E-state index in [4.69, 9.17) is 4.74 Å². The smallest absolute Gasteiger partial charge is 0.0469 e. The van der Waals surface area contributed by atoms with Crippen LogP contribution < -0.4 is 5.32 Å². The average molecular weight is 145 g/mol. The molecule has 1 aliphatic rings. The molecule has 1 saturated heterocycles. The minimum atomic E-state index is 0. The predicted octanol–water partition coefficient (Wildman–Crippen LogP) is 1.27. The molecule has 2 heteroatoms. The van der Waals surface area contributed by atoms with Crippen molar-refractivity contribution < 1.29 is 4.74 Å². The third-order valence-corrected chi connectivity index (χ3v) is 1.83. The summed E-state index contributed by atoms with van der Waals surface area (Å²) in [4.78, 5) is 0. The highest BCUT2D eigenvalue weighted by atomic mass is 16.5. The maximum atomic E-state index is 5.22. The molecule has 1 heterocycles. The van der Waals surface area contributed by atoms with E-state index in [0.29, 0.717) is 0 Å². The number of nitrogens with one attached hydrogen (secondary N) is 1. The van der Waals surface area contributed by atoms with Gasteiger partial charge < -0.3 is 10.1 Å². The van der Waals surface area contributed by atoms with E-state index in [-0.39, 0.29) is 7.43 Å². The minimum absolute atomic E-state index is 0. The zero-order valence-electron chi connectivity index (χ0n) is 6.02. The van der Waals surface area contributed by atoms with Crippen LogP contribution in [0.5, 0.6) is 0 Å². The summed E-state index contributed by atoms with van der Waals surface area (Å²) >= 11 is 0. The van der Waals surface area contributed by atoms with Crippen molar-refractivity contribution in [2.75, 3.05) is 26.8 Å². The van der Waals surface area contributed by atoms with Crippen molar-refractivity contribution in [3.63, 3.8) is 0 Å². The molecule has 62 valence electrons. The fourth-order valence-corrected chi connectivity index (χ4v) is 1.24. The van der Waals surface area contributed by atoms with Crippen molar-refractivity contribution in [3.05, 3.63) is 0 Å². The first-order valence-electron chi connectivity index (χ1n) is 3.66. The standard InChI is InChI=1S/C7H15NO.CH4/c1-8-6-7-2-4-9-5-3-7;/h7-8H,2-6H2,1H3;1H4. The van der Waals surface area contributed by atoms with Gasteiger partial charge in [0.2, 0.25) is 0 Å². The molecule has 1 rings (SSSR count). The van der Waals surface area contributed by atoms with Crippen LogP contribution in [0.1, 0.15) is 20.3 Å². The van der Waals surface area contributed by atoms with E-state index in [1.54, 1.807) is 0 Å². The van der Waals surface area contributed by atoms with Gasteiger partial charge in [-0.1, -0.05) is 7.43 Å². The molecule has 10 heavy (non-hydrogen) atoms. The third-order valence-electron chi connectivity index (χ3n) is 1.83. The van der Waals surface area contributed by atoms with E-state index >= 15 is 0 Å². The van der Waals surface area contributed by atoms with Gasteiger partial charge in [-0.25, -0.2) is 0 Å². The van der Waals surface area contributed by atoms with Gasteiger partial charge in [-0.2, -0.15) is 0 Å². The second-order valence-corrected chi connectivity index (χ2v) is 2.61. The molecular formula is C8H19NO. The van der Waals surface area contributed by atoms with Crippen LogP contribution in [0.2, 0.25) is 0 Å². The van der Waals surface area contributed by atoms with Crippen LogP contribution in [-0.2, 0) is 4.74 Å². The summed E-state index contributed by atoms with van der Waals surface area (Å²) in [5, 5.41) is 3.18. The minimum Gasteiger partial charge on any atom is -0.381 e. The summed E-state index contributed by atoms with van der Waals surface area (Å²) in [7, 11) is 2.01. The van der Waals surface area contributed by atoms with Crippen LogP contribution in [0.15, 0.2) is 0 Å². The van der Waals surface area contributed by atoms with E-state index in [2.05, 4.69) is 5.32 Å². The number of ether oxygens (including phenoxy) is 1. The topological polar surface area (TPSA) is 21.3 Å². The van der Waals surface area contributed by atoms with Gasteiger partial charge in [0.05, 0.1) is 0 Å². The van der Waals surface area contributed by atoms with Crippen molar-refractivity contribution in [1.82, 2.24) is 5.32 Å². The lowest BCUT2D eigenvalue weighted by atomic mass is 10.0. The molecule has 0 radical (unpaired) electrons. The van der Waals surface area contributed by atoms with Crippen molar-refractivity contribution in [2.24, 2.45) is 5.92 Å². The molecule has 0 aromatic carbocycles. The molecule has 0 aliphatic carbocycles. The Morgan fingerprint density at radius 1 is 1.40 bits per heavy atom. The molecule has 2 nitrogen and oxygen atoms in total. The Bertz CT molecular complexity index is 66.9.